The molecule has 0 spiro atoms. The van der Waals surface area contributed by atoms with Crippen molar-refractivity contribution in [3.63, 3.8) is 0 Å². The summed E-state index contributed by atoms with van der Waals surface area (Å²) in [6.07, 6.45) is 4.19. The smallest absolute Gasteiger partial charge is 0.354 e. The molecule has 1 aromatic heterocycles. The molecule has 1 N–H and O–H groups in total. The summed E-state index contributed by atoms with van der Waals surface area (Å²) in [4.78, 5) is 15.5. The van der Waals surface area contributed by atoms with Crippen LogP contribution < -0.4 is 0 Å². The van der Waals surface area contributed by atoms with E-state index in [1.807, 2.05) is 12.1 Å². The van der Waals surface area contributed by atoms with E-state index in [9.17, 15) is 9.90 Å². The molecule has 0 unspecified atom stereocenters. The zero-order valence-electron chi connectivity index (χ0n) is 11.9. The normalized spacial score (nSPS) is 10.3. The molecule has 0 atom stereocenters. The number of aromatic nitrogens is 2. The fourth-order valence-electron chi connectivity index (χ4n) is 2.16. The van der Waals surface area contributed by atoms with Crippen LogP contribution >= 0.6 is 0 Å². The number of hydrogen-bond donors (Lipinski definition) is 1. The number of aryl methyl sites for hydroxylation is 1. The highest BCUT2D eigenvalue weighted by molar-refractivity contribution is 5.85. The van der Waals surface area contributed by atoms with E-state index in [2.05, 4.69) is 18.0 Å². The first kappa shape index (κ1) is 14.8. The second kappa shape index (κ2) is 6.71. The first-order chi connectivity index (χ1) is 10.2. The van der Waals surface area contributed by atoms with Gasteiger partial charge in [-0.15, -0.1) is 0 Å². The topological polar surface area (TPSA) is 78.9 Å². The average molecular weight is 283 g/mol. The minimum Gasteiger partial charge on any atom is -0.477 e. The van der Waals surface area contributed by atoms with Gasteiger partial charge in [-0.1, -0.05) is 25.5 Å². The second-order valence-corrected chi connectivity index (χ2v) is 4.86. The Hall–Kier alpha value is -2.61. The van der Waals surface area contributed by atoms with Crippen LogP contribution in [0, 0.1) is 11.3 Å². The molecule has 0 aliphatic heterocycles. The summed E-state index contributed by atoms with van der Waals surface area (Å²) in [6.45, 7) is 2.54. The highest BCUT2D eigenvalue weighted by atomic mass is 16.4. The van der Waals surface area contributed by atoms with Crippen molar-refractivity contribution >= 4 is 5.97 Å². The van der Waals surface area contributed by atoms with Crippen LogP contribution in [0.2, 0.25) is 0 Å². The number of unbranched alkanes of at least 4 members (excludes halogenated alkanes) is 1. The fraction of sp³-hybridized carbons (Fsp3) is 0.312. The third-order valence-corrected chi connectivity index (χ3v) is 3.34. The first-order valence-electron chi connectivity index (χ1n) is 6.92. The van der Waals surface area contributed by atoms with Crippen molar-refractivity contribution in [2.24, 2.45) is 0 Å². The highest BCUT2D eigenvalue weighted by Gasteiger charge is 2.15. The molecule has 1 aromatic carbocycles. The predicted octanol–water partition coefficient (Wildman–Crippen LogP) is 2.84. The molecule has 21 heavy (non-hydrogen) atoms. The standard InChI is InChI=1S/C16H17N3O2/c1-2-3-4-15-18-10-14(16(20)21)19(15)11-13-7-5-12(9-17)6-8-13/h5-8,10H,2-4,11H2,1H3,(H,20,21). The summed E-state index contributed by atoms with van der Waals surface area (Å²) < 4.78 is 1.74. The number of carboxylic acid groups (broad SMARTS) is 1. The maximum Gasteiger partial charge on any atom is 0.354 e. The summed E-state index contributed by atoms with van der Waals surface area (Å²) >= 11 is 0. The predicted molar refractivity (Wildman–Crippen MR) is 78.1 cm³/mol. The van der Waals surface area contributed by atoms with Gasteiger partial charge >= 0.3 is 5.97 Å². The molecule has 5 heteroatoms. The van der Waals surface area contributed by atoms with Gasteiger partial charge < -0.3 is 9.67 Å². The zero-order chi connectivity index (χ0) is 15.2. The Morgan fingerprint density at radius 1 is 1.38 bits per heavy atom. The molecule has 0 aliphatic rings. The molecule has 0 amide bonds. The number of imidazole rings is 1. The third kappa shape index (κ3) is 3.48. The lowest BCUT2D eigenvalue weighted by Crippen LogP contribution is -2.12. The van der Waals surface area contributed by atoms with Crippen LogP contribution in [-0.4, -0.2) is 20.6 Å². The molecule has 0 bridgehead atoms. The van der Waals surface area contributed by atoms with Gasteiger partial charge in [-0.25, -0.2) is 9.78 Å². The number of hydrogen-bond acceptors (Lipinski definition) is 3. The molecule has 5 nitrogen and oxygen atoms in total. The van der Waals surface area contributed by atoms with Crippen LogP contribution in [-0.2, 0) is 13.0 Å². The maximum absolute atomic E-state index is 11.3. The number of benzene rings is 1. The molecule has 0 fully saturated rings. The molecule has 1 heterocycles. The summed E-state index contributed by atoms with van der Waals surface area (Å²) in [6, 6.07) is 9.22. The van der Waals surface area contributed by atoms with E-state index in [0.29, 0.717) is 12.1 Å². The van der Waals surface area contributed by atoms with Crippen LogP contribution in [0.15, 0.2) is 30.5 Å². The van der Waals surface area contributed by atoms with Gasteiger partial charge in [0.2, 0.25) is 0 Å². The quantitative estimate of drug-likeness (QED) is 0.884. The molecule has 2 rings (SSSR count). The van der Waals surface area contributed by atoms with Gasteiger partial charge in [-0.3, -0.25) is 0 Å². The van der Waals surface area contributed by atoms with Gasteiger partial charge in [0.05, 0.1) is 17.8 Å². The average Bonchev–Trinajstić information content (AvgIpc) is 2.89. The van der Waals surface area contributed by atoms with Gasteiger partial charge in [-0.2, -0.15) is 5.26 Å². The summed E-state index contributed by atoms with van der Waals surface area (Å²) in [5.41, 5.74) is 1.74. The molecular weight excluding hydrogens is 266 g/mol. The Morgan fingerprint density at radius 3 is 2.67 bits per heavy atom. The number of nitriles is 1. The fourth-order valence-corrected chi connectivity index (χ4v) is 2.16. The highest BCUT2D eigenvalue weighted by Crippen LogP contribution is 2.13. The second-order valence-electron chi connectivity index (χ2n) is 4.86. The minimum atomic E-state index is -0.973. The summed E-state index contributed by atoms with van der Waals surface area (Å²) in [5, 5.41) is 18.1. The number of nitrogens with zero attached hydrogens (tertiary/aromatic N) is 3. The number of carboxylic acids is 1. The largest absolute Gasteiger partial charge is 0.477 e. The Morgan fingerprint density at radius 2 is 2.10 bits per heavy atom. The lowest BCUT2D eigenvalue weighted by atomic mass is 10.1. The van der Waals surface area contributed by atoms with E-state index in [0.717, 1.165) is 30.7 Å². The van der Waals surface area contributed by atoms with Gasteiger partial charge in [0.25, 0.3) is 0 Å². The van der Waals surface area contributed by atoms with E-state index >= 15 is 0 Å². The molecule has 0 saturated heterocycles. The van der Waals surface area contributed by atoms with Crippen LogP contribution in [0.1, 0.15) is 47.2 Å². The van der Waals surface area contributed by atoms with E-state index in [4.69, 9.17) is 5.26 Å². The maximum atomic E-state index is 11.3. The van der Waals surface area contributed by atoms with Gasteiger partial charge in [-0.05, 0) is 24.1 Å². The number of aromatic carboxylic acids is 1. The van der Waals surface area contributed by atoms with E-state index in [1.54, 1.807) is 16.7 Å². The molecule has 108 valence electrons. The Bertz CT molecular complexity index is 666. The number of carbonyl (C=O) groups is 1. The monoisotopic (exact) mass is 283 g/mol. The summed E-state index contributed by atoms with van der Waals surface area (Å²) in [5.74, 6) is -0.183. The SMILES string of the molecule is CCCCc1ncc(C(=O)O)n1Cc1ccc(C#N)cc1. The van der Waals surface area contributed by atoms with E-state index in [-0.39, 0.29) is 5.69 Å². The van der Waals surface area contributed by atoms with Gasteiger partial charge in [0.15, 0.2) is 0 Å². The molecule has 0 radical (unpaired) electrons. The van der Waals surface area contributed by atoms with Crippen molar-refractivity contribution in [2.45, 2.75) is 32.7 Å². The van der Waals surface area contributed by atoms with Crippen molar-refractivity contribution in [3.05, 3.63) is 53.1 Å². The van der Waals surface area contributed by atoms with E-state index < -0.39 is 5.97 Å². The van der Waals surface area contributed by atoms with Gasteiger partial charge in [0.1, 0.15) is 11.5 Å². The first-order valence-corrected chi connectivity index (χ1v) is 6.92. The zero-order valence-corrected chi connectivity index (χ0v) is 11.9. The Balaban J connectivity index is 2.29. The van der Waals surface area contributed by atoms with Crippen LogP contribution in [0.4, 0.5) is 0 Å². The van der Waals surface area contributed by atoms with E-state index in [1.165, 1.54) is 6.20 Å². The van der Waals surface area contributed by atoms with Crippen LogP contribution in [0.25, 0.3) is 0 Å². The van der Waals surface area contributed by atoms with Crippen LogP contribution in [0.3, 0.4) is 0 Å². The van der Waals surface area contributed by atoms with Crippen LogP contribution in [0.5, 0.6) is 0 Å². The Kier molecular flexibility index (Phi) is 4.72. The Labute approximate surface area is 123 Å². The minimum absolute atomic E-state index is 0.200. The molecule has 2 aromatic rings. The van der Waals surface area contributed by atoms with Gasteiger partial charge in [0, 0.05) is 13.0 Å². The molecule has 0 aliphatic carbocycles. The third-order valence-electron chi connectivity index (χ3n) is 3.34. The van der Waals surface area contributed by atoms with Crippen molar-refractivity contribution in [1.82, 2.24) is 9.55 Å². The lowest BCUT2D eigenvalue weighted by molar-refractivity contribution is 0.0685. The van der Waals surface area contributed by atoms with Crippen molar-refractivity contribution in [1.29, 1.82) is 5.26 Å². The van der Waals surface area contributed by atoms with Crippen molar-refractivity contribution < 1.29 is 9.90 Å². The van der Waals surface area contributed by atoms with Crippen molar-refractivity contribution in [3.8, 4) is 6.07 Å². The number of rotatable bonds is 6. The molecule has 0 saturated carbocycles. The summed E-state index contributed by atoms with van der Waals surface area (Å²) in [7, 11) is 0. The van der Waals surface area contributed by atoms with Crippen molar-refractivity contribution in [2.75, 3.05) is 0 Å². The lowest BCUT2D eigenvalue weighted by Gasteiger charge is -2.10. The molecular formula is C16H17N3O2.